The molecular weight excluding hydrogens is 268 g/mol. The van der Waals surface area contributed by atoms with Gasteiger partial charge >= 0.3 is 0 Å². The molecule has 1 fully saturated rings. The fourth-order valence-corrected chi connectivity index (χ4v) is 3.49. The quantitative estimate of drug-likeness (QED) is 0.455. The summed E-state index contributed by atoms with van der Waals surface area (Å²) in [5.74, 6) is 5.47. The summed E-state index contributed by atoms with van der Waals surface area (Å²) in [5, 5.41) is 9.81. The highest BCUT2D eigenvalue weighted by molar-refractivity contribution is 7.89. The van der Waals surface area contributed by atoms with Crippen LogP contribution < -0.4 is 16.0 Å². The smallest absolute Gasteiger partial charge is 0.241 e. The van der Waals surface area contributed by atoms with Gasteiger partial charge in [-0.05, 0) is 18.9 Å². The number of aliphatic hydroxyl groups is 1. The van der Waals surface area contributed by atoms with Crippen molar-refractivity contribution < 1.29 is 13.5 Å². The van der Waals surface area contributed by atoms with Crippen molar-refractivity contribution in [2.24, 2.45) is 5.84 Å². The van der Waals surface area contributed by atoms with Gasteiger partial charge in [-0.3, -0.25) is 0 Å². The fourth-order valence-electron chi connectivity index (χ4n) is 2.17. The summed E-state index contributed by atoms with van der Waals surface area (Å²) in [4.78, 5) is 3.93. The number of hydrogen-bond donors (Lipinski definition) is 4. The molecule has 1 aromatic rings. The third-order valence-corrected chi connectivity index (χ3v) is 4.71. The van der Waals surface area contributed by atoms with Crippen LogP contribution in [0.4, 0.5) is 5.82 Å². The maximum absolute atomic E-state index is 12.2. The predicted molar refractivity (Wildman–Crippen MR) is 70.6 cm³/mol. The number of hydrazine groups is 1. The summed E-state index contributed by atoms with van der Waals surface area (Å²) in [6.07, 6.45) is 3.84. The Balaban J connectivity index is 2.17. The predicted octanol–water partition coefficient (Wildman–Crippen LogP) is -0.0510. The second-order valence-corrected chi connectivity index (χ2v) is 6.31. The van der Waals surface area contributed by atoms with Crippen LogP contribution in [0.1, 0.15) is 25.7 Å². The van der Waals surface area contributed by atoms with Crippen molar-refractivity contribution in [3.8, 4) is 0 Å². The minimum Gasteiger partial charge on any atom is -0.391 e. The van der Waals surface area contributed by atoms with Crippen molar-refractivity contribution in [1.82, 2.24) is 9.71 Å². The van der Waals surface area contributed by atoms with Gasteiger partial charge in [0.05, 0.1) is 11.0 Å². The van der Waals surface area contributed by atoms with Crippen LogP contribution in [-0.4, -0.2) is 30.7 Å². The number of sulfonamides is 1. The third-order valence-electron chi connectivity index (χ3n) is 3.23. The molecule has 8 heteroatoms. The van der Waals surface area contributed by atoms with E-state index in [1.165, 1.54) is 18.3 Å². The molecule has 7 nitrogen and oxygen atoms in total. The lowest BCUT2D eigenvalue weighted by atomic mass is 9.93. The van der Waals surface area contributed by atoms with Crippen molar-refractivity contribution >= 4 is 15.8 Å². The van der Waals surface area contributed by atoms with Gasteiger partial charge in [0.15, 0.2) is 0 Å². The van der Waals surface area contributed by atoms with Crippen LogP contribution >= 0.6 is 0 Å². The highest BCUT2D eigenvalue weighted by atomic mass is 32.2. The highest BCUT2D eigenvalue weighted by Gasteiger charge is 2.28. The first-order valence-electron chi connectivity index (χ1n) is 6.16. The van der Waals surface area contributed by atoms with Crippen LogP contribution in [0.25, 0.3) is 0 Å². The summed E-state index contributed by atoms with van der Waals surface area (Å²) in [5.41, 5.74) is 2.30. The number of rotatable bonds is 4. The van der Waals surface area contributed by atoms with Gasteiger partial charge < -0.3 is 10.5 Å². The Labute approximate surface area is 112 Å². The summed E-state index contributed by atoms with van der Waals surface area (Å²) < 4.78 is 26.9. The molecule has 0 radical (unpaired) electrons. The Bertz CT molecular complexity index is 534. The Kier molecular flexibility index (Phi) is 4.35. The number of anilines is 1. The molecule has 0 bridgehead atoms. The van der Waals surface area contributed by atoms with Crippen molar-refractivity contribution in [1.29, 1.82) is 0 Å². The molecule has 2 atom stereocenters. The SMILES string of the molecule is NNc1cc(S(=O)(=O)NC2CCCCC2O)ccn1. The first-order valence-corrected chi connectivity index (χ1v) is 7.64. The minimum absolute atomic E-state index is 0.0771. The van der Waals surface area contributed by atoms with Crippen molar-refractivity contribution in [3.05, 3.63) is 18.3 Å². The van der Waals surface area contributed by atoms with E-state index in [0.717, 1.165) is 12.8 Å². The molecule has 19 heavy (non-hydrogen) atoms. The van der Waals surface area contributed by atoms with E-state index in [4.69, 9.17) is 5.84 Å². The average Bonchev–Trinajstić information content (AvgIpc) is 2.41. The van der Waals surface area contributed by atoms with Gasteiger partial charge in [-0.1, -0.05) is 12.8 Å². The second kappa shape index (κ2) is 5.83. The lowest BCUT2D eigenvalue weighted by molar-refractivity contribution is 0.101. The lowest BCUT2D eigenvalue weighted by Gasteiger charge is -2.28. The lowest BCUT2D eigenvalue weighted by Crippen LogP contribution is -2.44. The number of nitrogens with one attached hydrogen (secondary N) is 2. The molecule has 1 aromatic heterocycles. The van der Waals surface area contributed by atoms with E-state index in [9.17, 15) is 13.5 Å². The van der Waals surface area contributed by atoms with Gasteiger partial charge in [0.1, 0.15) is 5.82 Å². The molecule has 1 heterocycles. The van der Waals surface area contributed by atoms with Crippen molar-refractivity contribution in [3.63, 3.8) is 0 Å². The summed E-state index contributed by atoms with van der Waals surface area (Å²) >= 11 is 0. The average molecular weight is 286 g/mol. The first-order chi connectivity index (χ1) is 9.03. The molecule has 0 spiro atoms. The molecule has 0 amide bonds. The van der Waals surface area contributed by atoms with E-state index in [1.54, 1.807) is 0 Å². The van der Waals surface area contributed by atoms with E-state index in [0.29, 0.717) is 12.8 Å². The summed E-state index contributed by atoms with van der Waals surface area (Å²) in [7, 11) is -3.67. The Hall–Kier alpha value is -1.22. The van der Waals surface area contributed by atoms with Crippen LogP contribution in [0, 0.1) is 0 Å². The van der Waals surface area contributed by atoms with Crippen LogP contribution in [-0.2, 0) is 10.0 Å². The standard InChI is InChI=1S/C11H18N4O3S/c12-14-11-7-8(5-6-13-11)19(17,18)15-9-3-1-2-4-10(9)16/h5-7,9-10,15-16H,1-4,12H2,(H,13,14). The van der Waals surface area contributed by atoms with Gasteiger partial charge in [0.2, 0.25) is 10.0 Å². The molecule has 1 aliphatic rings. The third kappa shape index (κ3) is 3.41. The molecule has 2 unspecified atom stereocenters. The maximum atomic E-state index is 12.2. The molecule has 0 saturated heterocycles. The molecule has 5 N–H and O–H groups in total. The number of pyridine rings is 1. The number of aromatic nitrogens is 1. The zero-order valence-corrected chi connectivity index (χ0v) is 11.2. The second-order valence-electron chi connectivity index (χ2n) is 4.60. The fraction of sp³-hybridized carbons (Fsp3) is 0.545. The van der Waals surface area contributed by atoms with Crippen molar-refractivity contribution in [2.45, 2.75) is 42.7 Å². The number of nitrogens with zero attached hydrogens (tertiary/aromatic N) is 1. The van der Waals surface area contributed by atoms with Gasteiger partial charge in [0.25, 0.3) is 0 Å². The van der Waals surface area contributed by atoms with E-state index in [-0.39, 0.29) is 10.7 Å². The summed E-state index contributed by atoms with van der Waals surface area (Å²) in [6, 6.07) is 2.30. The van der Waals surface area contributed by atoms with E-state index in [1.807, 2.05) is 0 Å². The van der Waals surface area contributed by atoms with Crippen LogP contribution in [0.5, 0.6) is 0 Å². The Morgan fingerprint density at radius 1 is 1.37 bits per heavy atom. The van der Waals surface area contributed by atoms with Crippen molar-refractivity contribution in [2.75, 3.05) is 5.43 Å². The van der Waals surface area contributed by atoms with E-state index >= 15 is 0 Å². The molecule has 0 aromatic carbocycles. The normalized spacial score (nSPS) is 24.1. The topological polar surface area (TPSA) is 117 Å². The van der Waals surface area contributed by atoms with Crippen LogP contribution in [0.3, 0.4) is 0 Å². The molecule has 1 aliphatic carbocycles. The first kappa shape index (κ1) is 14.2. The Morgan fingerprint density at radius 2 is 2.11 bits per heavy atom. The van der Waals surface area contributed by atoms with E-state index in [2.05, 4.69) is 15.1 Å². The zero-order chi connectivity index (χ0) is 13.9. The van der Waals surface area contributed by atoms with E-state index < -0.39 is 22.2 Å². The number of hydrogen-bond acceptors (Lipinski definition) is 6. The Morgan fingerprint density at radius 3 is 2.79 bits per heavy atom. The number of nitrogen functional groups attached to an aromatic ring is 1. The molecule has 1 saturated carbocycles. The van der Waals surface area contributed by atoms with Gasteiger partial charge in [-0.15, -0.1) is 0 Å². The van der Waals surface area contributed by atoms with Crippen LogP contribution in [0.15, 0.2) is 23.2 Å². The zero-order valence-electron chi connectivity index (χ0n) is 10.4. The molecular formula is C11H18N4O3S. The number of nitrogens with two attached hydrogens (primary N) is 1. The van der Waals surface area contributed by atoms with Gasteiger partial charge in [-0.25, -0.2) is 24.0 Å². The van der Waals surface area contributed by atoms with Gasteiger partial charge in [0, 0.05) is 18.3 Å². The summed E-state index contributed by atoms with van der Waals surface area (Å²) in [6.45, 7) is 0. The molecule has 106 valence electrons. The monoisotopic (exact) mass is 286 g/mol. The number of aliphatic hydroxyl groups excluding tert-OH is 1. The van der Waals surface area contributed by atoms with Gasteiger partial charge in [-0.2, -0.15) is 0 Å². The largest absolute Gasteiger partial charge is 0.391 e. The molecule has 0 aliphatic heterocycles. The minimum atomic E-state index is -3.67. The molecule has 2 rings (SSSR count). The highest BCUT2D eigenvalue weighted by Crippen LogP contribution is 2.21. The van der Waals surface area contributed by atoms with Crippen LogP contribution in [0.2, 0.25) is 0 Å². The maximum Gasteiger partial charge on any atom is 0.241 e.